The van der Waals surface area contributed by atoms with E-state index in [0.717, 1.165) is 6.42 Å². The summed E-state index contributed by atoms with van der Waals surface area (Å²) in [5, 5.41) is 2.41. The van der Waals surface area contributed by atoms with Crippen molar-refractivity contribution in [2.45, 2.75) is 6.42 Å². The second-order valence-corrected chi connectivity index (χ2v) is 1.37. The van der Waals surface area contributed by atoms with Crippen LogP contribution in [0, 0.1) is 0 Å². The fraction of sp³-hybridized carbons (Fsp3) is 0.400. The van der Waals surface area contributed by atoms with Crippen LogP contribution >= 0.6 is 0 Å². The molecule has 0 heterocycles. The molecule has 0 unspecified atom stereocenters. The summed E-state index contributed by atoms with van der Waals surface area (Å²) in [6.45, 7) is 4.05. The van der Waals surface area contributed by atoms with Gasteiger partial charge >= 0.3 is 6.03 Å². The molecule has 0 rings (SSSR count). The normalized spacial score (nSPS) is 8.00. The van der Waals surface area contributed by atoms with Gasteiger partial charge in [-0.1, -0.05) is 6.08 Å². The van der Waals surface area contributed by atoms with Gasteiger partial charge in [-0.2, -0.15) is 0 Å². The van der Waals surface area contributed by atoms with Crippen molar-refractivity contribution in [3.63, 3.8) is 0 Å². The standard InChI is InChI=1S/C5H10N2O/c1-2-3-4-7-5(6)8/h2H,1,3-4H2,(H3,6,7,8). The Morgan fingerprint density at radius 1 is 1.88 bits per heavy atom. The van der Waals surface area contributed by atoms with E-state index >= 15 is 0 Å². The van der Waals surface area contributed by atoms with Crippen molar-refractivity contribution in [3.8, 4) is 0 Å². The van der Waals surface area contributed by atoms with Crippen LogP contribution in [0.5, 0.6) is 0 Å². The number of rotatable bonds is 3. The van der Waals surface area contributed by atoms with Crippen LogP contribution in [0.15, 0.2) is 12.7 Å². The summed E-state index contributed by atoms with van der Waals surface area (Å²) in [4.78, 5) is 9.95. The van der Waals surface area contributed by atoms with Crippen molar-refractivity contribution in [1.29, 1.82) is 0 Å². The van der Waals surface area contributed by atoms with Gasteiger partial charge in [-0.3, -0.25) is 0 Å². The first-order valence-corrected chi connectivity index (χ1v) is 2.41. The summed E-state index contributed by atoms with van der Waals surface area (Å²) in [5.74, 6) is 0. The molecule has 0 fully saturated rings. The largest absolute Gasteiger partial charge is 0.352 e. The van der Waals surface area contributed by atoms with E-state index in [1.807, 2.05) is 0 Å². The smallest absolute Gasteiger partial charge is 0.312 e. The lowest BCUT2D eigenvalue weighted by Gasteiger charge is -1.94. The van der Waals surface area contributed by atoms with Crippen LogP contribution in [0.4, 0.5) is 4.79 Å². The van der Waals surface area contributed by atoms with E-state index in [-0.39, 0.29) is 0 Å². The van der Waals surface area contributed by atoms with Crippen LogP contribution in [0.3, 0.4) is 0 Å². The molecule has 8 heavy (non-hydrogen) atoms. The zero-order valence-electron chi connectivity index (χ0n) is 4.68. The van der Waals surface area contributed by atoms with Gasteiger partial charge in [-0.25, -0.2) is 4.79 Å². The SMILES string of the molecule is C=CCCNC(N)=O. The second kappa shape index (κ2) is 4.18. The highest BCUT2D eigenvalue weighted by Gasteiger charge is 1.84. The molecule has 0 atom stereocenters. The van der Waals surface area contributed by atoms with Crippen LogP contribution in [-0.4, -0.2) is 12.6 Å². The maximum absolute atomic E-state index is 9.95. The number of hydrogen-bond donors (Lipinski definition) is 2. The average Bonchev–Trinajstić information content (AvgIpc) is 1.66. The molecule has 0 aliphatic rings. The van der Waals surface area contributed by atoms with Crippen molar-refractivity contribution in [2.75, 3.05) is 6.54 Å². The van der Waals surface area contributed by atoms with Gasteiger partial charge in [0.1, 0.15) is 0 Å². The van der Waals surface area contributed by atoms with Gasteiger partial charge in [0.15, 0.2) is 0 Å². The van der Waals surface area contributed by atoms with Crippen molar-refractivity contribution >= 4 is 6.03 Å². The quantitative estimate of drug-likeness (QED) is 0.400. The minimum atomic E-state index is -0.480. The van der Waals surface area contributed by atoms with E-state index in [9.17, 15) is 4.79 Å². The predicted molar refractivity (Wildman–Crippen MR) is 32.4 cm³/mol. The number of nitrogens with two attached hydrogens (primary N) is 1. The van der Waals surface area contributed by atoms with Gasteiger partial charge in [0, 0.05) is 6.54 Å². The lowest BCUT2D eigenvalue weighted by molar-refractivity contribution is 0.249. The van der Waals surface area contributed by atoms with E-state index in [0.29, 0.717) is 6.54 Å². The van der Waals surface area contributed by atoms with Gasteiger partial charge in [-0.05, 0) is 6.42 Å². The topological polar surface area (TPSA) is 55.1 Å². The number of urea groups is 1. The summed E-state index contributed by atoms with van der Waals surface area (Å²) in [6.07, 6.45) is 2.48. The van der Waals surface area contributed by atoms with Crippen LogP contribution < -0.4 is 11.1 Å². The highest BCUT2D eigenvalue weighted by Crippen LogP contribution is 1.72. The fourth-order valence-corrected chi connectivity index (χ4v) is 0.297. The van der Waals surface area contributed by atoms with E-state index < -0.39 is 6.03 Å². The van der Waals surface area contributed by atoms with Gasteiger partial charge in [0.2, 0.25) is 0 Å². The number of amides is 2. The zero-order valence-corrected chi connectivity index (χ0v) is 4.68. The van der Waals surface area contributed by atoms with E-state index in [1.165, 1.54) is 0 Å². The fourth-order valence-electron chi connectivity index (χ4n) is 0.297. The third-order valence-corrected chi connectivity index (χ3v) is 0.648. The first-order valence-electron chi connectivity index (χ1n) is 2.41. The van der Waals surface area contributed by atoms with Crippen molar-refractivity contribution in [2.24, 2.45) is 5.73 Å². The Labute approximate surface area is 48.6 Å². The van der Waals surface area contributed by atoms with E-state index in [4.69, 9.17) is 5.73 Å². The molecule has 0 aromatic heterocycles. The molecule has 0 aliphatic heterocycles. The lowest BCUT2D eigenvalue weighted by atomic mass is 10.4. The molecule has 46 valence electrons. The summed E-state index contributed by atoms with van der Waals surface area (Å²) in [7, 11) is 0. The highest BCUT2D eigenvalue weighted by molar-refractivity contribution is 5.71. The molecule has 0 bridgehead atoms. The monoisotopic (exact) mass is 114 g/mol. The van der Waals surface area contributed by atoms with Gasteiger partial charge in [0.25, 0.3) is 0 Å². The third-order valence-electron chi connectivity index (χ3n) is 0.648. The minimum absolute atomic E-state index is 0.480. The molecule has 0 aromatic rings. The van der Waals surface area contributed by atoms with Crippen LogP contribution in [0.2, 0.25) is 0 Å². The molecule has 0 aromatic carbocycles. The highest BCUT2D eigenvalue weighted by atomic mass is 16.2. The number of carbonyl (C=O) groups excluding carboxylic acids is 1. The summed E-state index contributed by atoms with van der Waals surface area (Å²) >= 11 is 0. The molecule has 3 nitrogen and oxygen atoms in total. The predicted octanol–water partition coefficient (Wildman–Crippen LogP) is 0.231. The molecule has 3 heteroatoms. The minimum Gasteiger partial charge on any atom is -0.352 e. The van der Waals surface area contributed by atoms with Crippen molar-refractivity contribution in [1.82, 2.24) is 5.32 Å². The van der Waals surface area contributed by atoms with E-state index in [1.54, 1.807) is 6.08 Å². The van der Waals surface area contributed by atoms with Gasteiger partial charge < -0.3 is 11.1 Å². The molecule has 0 saturated carbocycles. The van der Waals surface area contributed by atoms with E-state index in [2.05, 4.69) is 11.9 Å². The third kappa shape index (κ3) is 5.01. The van der Waals surface area contributed by atoms with Crippen LogP contribution in [0.25, 0.3) is 0 Å². The second-order valence-electron chi connectivity index (χ2n) is 1.37. The summed E-state index contributed by atoms with van der Waals surface area (Å²) in [5.41, 5.74) is 4.75. The maximum atomic E-state index is 9.95. The van der Waals surface area contributed by atoms with Gasteiger partial charge in [0.05, 0.1) is 0 Å². The summed E-state index contributed by atoms with van der Waals surface area (Å²) in [6, 6.07) is -0.480. The Hall–Kier alpha value is -0.990. The lowest BCUT2D eigenvalue weighted by Crippen LogP contribution is -2.29. The molecule has 0 saturated heterocycles. The molecular weight excluding hydrogens is 104 g/mol. The van der Waals surface area contributed by atoms with Crippen LogP contribution in [-0.2, 0) is 0 Å². The molecular formula is C5H10N2O. The van der Waals surface area contributed by atoms with Gasteiger partial charge in [-0.15, -0.1) is 6.58 Å². The molecule has 2 amide bonds. The average molecular weight is 114 g/mol. The number of nitrogens with one attached hydrogen (secondary N) is 1. The molecule has 3 N–H and O–H groups in total. The first kappa shape index (κ1) is 7.01. The Morgan fingerprint density at radius 3 is 2.88 bits per heavy atom. The Bertz CT molecular complexity index is 90.4. The van der Waals surface area contributed by atoms with Crippen molar-refractivity contribution < 1.29 is 4.79 Å². The van der Waals surface area contributed by atoms with Crippen LogP contribution in [0.1, 0.15) is 6.42 Å². The Morgan fingerprint density at radius 2 is 2.50 bits per heavy atom. The first-order chi connectivity index (χ1) is 3.77. The molecule has 0 aliphatic carbocycles. The Balaban J connectivity index is 2.93. The maximum Gasteiger partial charge on any atom is 0.312 e. The number of primary amides is 1. The molecule has 0 radical (unpaired) electrons. The Kier molecular flexibility index (Phi) is 3.66. The zero-order chi connectivity index (χ0) is 6.41. The molecule has 0 spiro atoms. The number of hydrogen-bond acceptors (Lipinski definition) is 1. The van der Waals surface area contributed by atoms with Crippen molar-refractivity contribution in [3.05, 3.63) is 12.7 Å². The number of carbonyl (C=O) groups is 1. The summed E-state index contributed by atoms with van der Waals surface area (Å²) < 4.78 is 0.